The van der Waals surface area contributed by atoms with E-state index in [2.05, 4.69) is 55.5 Å². The highest BCUT2D eigenvalue weighted by molar-refractivity contribution is 5.93. The maximum atomic E-state index is 12.7. The van der Waals surface area contributed by atoms with Crippen LogP contribution in [0, 0.1) is 13.8 Å². The van der Waals surface area contributed by atoms with Gasteiger partial charge in [0.2, 0.25) is 5.91 Å². The van der Waals surface area contributed by atoms with E-state index in [9.17, 15) is 4.79 Å². The number of amides is 1. The molecule has 30 heavy (non-hydrogen) atoms. The summed E-state index contributed by atoms with van der Waals surface area (Å²) in [5.74, 6) is -0.0392. The third kappa shape index (κ3) is 5.16. The molecule has 0 saturated heterocycles. The van der Waals surface area contributed by atoms with E-state index in [1.165, 1.54) is 11.1 Å². The summed E-state index contributed by atoms with van der Waals surface area (Å²) in [4.78, 5) is 14.7. The van der Waals surface area contributed by atoms with Crippen LogP contribution in [0.15, 0.2) is 54.6 Å². The quantitative estimate of drug-likeness (QED) is 0.638. The summed E-state index contributed by atoms with van der Waals surface area (Å²) in [6.07, 6.45) is 0. The minimum Gasteiger partial charge on any atom is -0.322 e. The molecule has 5 heteroatoms. The number of aromatic nitrogens is 2. The van der Waals surface area contributed by atoms with Gasteiger partial charge in [0, 0.05) is 6.54 Å². The molecule has 5 nitrogen and oxygen atoms in total. The SMILES string of the molecule is Cc1nn(-c2ccccc2)c(C)c1NC(=O)CN(C)Cc1ccc(C(C)(C)C)cc1. The number of nitrogens with zero attached hydrogens (tertiary/aromatic N) is 3. The highest BCUT2D eigenvalue weighted by Gasteiger charge is 2.17. The number of nitrogens with one attached hydrogen (secondary N) is 1. The van der Waals surface area contributed by atoms with Crippen molar-refractivity contribution in [3.05, 3.63) is 77.1 Å². The van der Waals surface area contributed by atoms with E-state index in [0.717, 1.165) is 29.3 Å². The van der Waals surface area contributed by atoms with Gasteiger partial charge in [-0.15, -0.1) is 0 Å². The molecule has 0 unspecified atom stereocenters. The number of hydrogen-bond donors (Lipinski definition) is 1. The normalized spacial score (nSPS) is 11.7. The summed E-state index contributed by atoms with van der Waals surface area (Å²) in [7, 11) is 1.96. The molecular formula is C25H32N4O. The molecule has 0 aliphatic rings. The van der Waals surface area contributed by atoms with E-state index in [4.69, 9.17) is 0 Å². The van der Waals surface area contributed by atoms with Gasteiger partial charge in [-0.2, -0.15) is 5.10 Å². The summed E-state index contributed by atoms with van der Waals surface area (Å²) in [6.45, 7) is 11.6. The molecule has 1 amide bonds. The number of aryl methyl sites for hydroxylation is 1. The van der Waals surface area contributed by atoms with Crippen molar-refractivity contribution >= 4 is 11.6 Å². The lowest BCUT2D eigenvalue weighted by atomic mass is 9.87. The molecule has 0 atom stereocenters. The first-order valence-electron chi connectivity index (χ1n) is 10.3. The summed E-state index contributed by atoms with van der Waals surface area (Å²) in [5.41, 5.74) is 6.15. The number of benzene rings is 2. The van der Waals surface area contributed by atoms with Crippen LogP contribution in [0.2, 0.25) is 0 Å². The largest absolute Gasteiger partial charge is 0.322 e. The lowest BCUT2D eigenvalue weighted by Gasteiger charge is -2.20. The number of carbonyl (C=O) groups excluding carboxylic acids is 1. The van der Waals surface area contributed by atoms with Crippen molar-refractivity contribution in [1.29, 1.82) is 0 Å². The monoisotopic (exact) mass is 404 g/mol. The van der Waals surface area contributed by atoms with Gasteiger partial charge in [0.1, 0.15) is 0 Å². The standard InChI is InChI=1S/C25H32N4O/c1-18-24(19(2)29(27-18)22-10-8-7-9-11-22)26-23(30)17-28(6)16-20-12-14-21(15-13-20)25(3,4)5/h7-15H,16-17H2,1-6H3,(H,26,30). The van der Waals surface area contributed by atoms with E-state index in [1.54, 1.807) is 0 Å². The Labute approximate surface area is 179 Å². The van der Waals surface area contributed by atoms with Gasteiger partial charge in [-0.25, -0.2) is 4.68 Å². The lowest BCUT2D eigenvalue weighted by Crippen LogP contribution is -2.30. The summed E-state index contributed by atoms with van der Waals surface area (Å²) in [5, 5.41) is 7.65. The molecule has 0 radical (unpaired) electrons. The molecule has 0 spiro atoms. The van der Waals surface area contributed by atoms with Gasteiger partial charge in [0.15, 0.2) is 0 Å². The molecular weight excluding hydrogens is 372 g/mol. The van der Waals surface area contributed by atoms with E-state index in [0.29, 0.717) is 6.54 Å². The fourth-order valence-electron chi connectivity index (χ4n) is 3.55. The smallest absolute Gasteiger partial charge is 0.238 e. The second-order valence-electron chi connectivity index (χ2n) is 8.96. The van der Waals surface area contributed by atoms with Gasteiger partial charge in [0.25, 0.3) is 0 Å². The molecule has 0 saturated carbocycles. The maximum absolute atomic E-state index is 12.7. The van der Waals surface area contributed by atoms with Gasteiger partial charge in [-0.05, 0) is 49.6 Å². The predicted molar refractivity (Wildman–Crippen MR) is 123 cm³/mol. The van der Waals surface area contributed by atoms with Crippen LogP contribution in [0.3, 0.4) is 0 Å². The Morgan fingerprint density at radius 2 is 1.67 bits per heavy atom. The summed E-state index contributed by atoms with van der Waals surface area (Å²) < 4.78 is 1.87. The highest BCUT2D eigenvalue weighted by Crippen LogP contribution is 2.24. The first kappa shape index (κ1) is 21.8. The highest BCUT2D eigenvalue weighted by atomic mass is 16.2. The minimum atomic E-state index is -0.0392. The third-order valence-electron chi connectivity index (χ3n) is 5.24. The molecule has 1 aromatic heterocycles. The van der Waals surface area contributed by atoms with Crippen molar-refractivity contribution in [1.82, 2.24) is 14.7 Å². The van der Waals surface area contributed by atoms with Crippen LogP contribution in [-0.2, 0) is 16.8 Å². The zero-order valence-corrected chi connectivity index (χ0v) is 18.9. The van der Waals surface area contributed by atoms with Crippen LogP contribution in [0.5, 0.6) is 0 Å². The van der Waals surface area contributed by atoms with Gasteiger partial charge in [-0.1, -0.05) is 63.2 Å². The number of hydrogen-bond acceptors (Lipinski definition) is 3. The van der Waals surface area contributed by atoms with E-state index >= 15 is 0 Å². The van der Waals surface area contributed by atoms with E-state index < -0.39 is 0 Å². The predicted octanol–water partition coefficient (Wildman–Crippen LogP) is 4.86. The average molecular weight is 405 g/mol. The Morgan fingerprint density at radius 3 is 2.27 bits per heavy atom. The molecule has 0 fully saturated rings. The number of anilines is 1. The zero-order valence-electron chi connectivity index (χ0n) is 18.9. The van der Waals surface area contributed by atoms with Gasteiger partial charge in [0.05, 0.1) is 29.3 Å². The van der Waals surface area contributed by atoms with Crippen LogP contribution in [0.1, 0.15) is 43.3 Å². The molecule has 158 valence electrons. The van der Waals surface area contributed by atoms with Crippen molar-refractivity contribution in [3.8, 4) is 5.69 Å². The lowest BCUT2D eigenvalue weighted by molar-refractivity contribution is -0.117. The van der Waals surface area contributed by atoms with Crippen LogP contribution in [0.4, 0.5) is 5.69 Å². The maximum Gasteiger partial charge on any atom is 0.238 e. The van der Waals surface area contributed by atoms with E-state index in [-0.39, 0.29) is 11.3 Å². The molecule has 1 N–H and O–H groups in total. The van der Waals surface area contributed by atoms with Crippen molar-refractivity contribution in [3.63, 3.8) is 0 Å². The second-order valence-corrected chi connectivity index (χ2v) is 8.96. The number of para-hydroxylation sites is 1. The third-order valence-corrected chi connectivity index (χ3v) is 5.24. The fourth-order valence-corrected chi connectivity index (χ4v) is 3.55. The Bertz CT molecular complexity index is 998. The Morgan fingerprint density at radius 1 is 1.03 bits per heavy atom. The number of likely N-dealkylation sites (N-methyl/N-ethyl adjacent to an activating group) is 1. The van der Waals surface area contributed by atoms with Crippen LogP contribution in [0.25, 0.3) is 5.69 Å². The van der Waals surface area contributed by atoms with Crippen LogP contribution < -0.4 is 5.32 Å². The zero-order chi connectivity index (χ0) is 21.9. The minimum absolute atomic E-state index is 0.0392. The molecule has 0 aliphatic carbocycles. The summed E-state index contributed by atoms with van der Waals surface area (Å²) in [6, 6.07) is 18.6. The van der Waals surface area contributed by atoms with Gasteiger partial charge in [-0.3, -0.25) is 9.69 Å². The summed E-state index contributed by atoms with van der Waals surface area (Å²) >= 11 is 0. The first-order valence-corrected chi connectivity index (χ1v) is 10.3. The van der Waals surface area contributed by atoms with Crippen molar-refractivity contribution in [2.45, 2.75) is 46.6 Å². The van der Waals surface area contributed by atoms with Gasteiger partial charge < -0.3 is 5.32 Å². The van der Waals surface area contributed by atoms with Crippen LogP contribution >= 0.6 is 0 Å². The molecule has 1 heterocycles. The fraction of sp³-hybridized carbons (Fsp3) is 0.360. The average Bonchev–Trinajstić information content (AvgIpc) is 2.96. The molecule has 3 rings (SSSR count). The topological polar surface area (TPSA) is 50.2 Å². The van der Waals surface area contributed by atoms with Crippen molar-refractivity contribution in [2.75, 3.05) is 18.9 Å². The molecule has 0 aliphatic heterocycles. The molecule has 0 bridgehead atoms. The molecule has 3 aromatic rings. The van der Waals surface area contributed by atoms with Crippen molar-refractivity contribution < 1.29 is 4.79 Å². The number of rotatable bonds is 6. The van der Waals surface area contributed by atoms with Crippen molar-refractivity contribution in [2.24, 2.45) is 0 Å². The Balaban J connectivity index is 1.62. The van der Waals surface area contributed by atoms with E-state index in [1.807, 2.05) is 60.8 Å². The molecule has 2 aromatic carbocycles. The second kappa shape index (κ2) is 8.84. The number of carbonyl (C=O) groups is 1. The Kier molecular flexibility index (Phi) is 6.42. The first-order chi connectivity index (χ1) is 14.1. The Hall–Kier alpha value is -2.92. The van der Waals surface area contributed by atoms with Crippen LogP contribution in [-0.4, -0.2) is 34.2 Å². The van der Waals surface area contributed by atoms with Gasteiger partial charge >= 0.3 is 0 Å².